The molecule has 2 aliphatic rings. The number of nitrogens with one attached hydrogen (secondary N) is 2. The fourth-order valence-corrected chi connectivity index (χ4v) is 4.33. The molecule has 0 bridgehead atoms. The molecule has 5 rings (SSSR count). The lowest BCUT2D eigenvalue weighted by atomic mass is 10.1. The first-order valence-corrected chi connectivity index (χ1v) is 12.0. The van der Waals surface area contributed by atoms with Crippen molar-refractivity contribution in [2.24, 2.45) is 0 Å². The van der Waals surface area contributed by atoms with Crippen LogP contribution in [-0.4, -0.2) is 71.4 Å². The van der Waals surface area contributed by atoms with Crippen molar-refractivity contribution < 1.29 is 14.3 Å². The number of aryl methyl sites for hydroxylation is 1. The van der Waals surface area contributed by atoms with Crippen molar-refractivity contribution in [2.75, 3.05) is 49.7 Å². The number of ether oxygens (including phenoxy) is 2. The van der Waals surface area contributed by atoms with E-state index in [1.165, 1.54) is 0 Å². The van der Waals surface area contributed by atoms with Gasteiger partial charge in [0.2, 0.25) is 0 Å². The number of anilines is 3. The van der Waals surface area contributed by atoms with Crippen LogP contribution in [0.5, 0.6) is 0 Å². The van der Waals surface area contributed by atoms with Gasteiger partial charge in [0.25, 0.3) is 5.91 Å². The molecule has 2 saturated heterocycles. The number of hydrogen-bond donors (Lipinski definition) is 2. The minimum absolute atomic E-state index is 0.0569. The number of hydrogen-bond acceptors (Lipinski definition) is 9. The molecule has 2 aromatic heterocycles. The number of aromatic nitrogens is 4. The molecule has 36 heavy (non-hydrogen) atoms. The molecule has 2 aliphatic heterocycles. The average molecular weight is 489 g/mol. The monoisotopic (exact) mass is 488 g/mol. The minimum atomic E-state index is -0.291. The maximum atomic E-state index is 12.5. The SMILES string of the molecule is Cc1ncc(Nc2cc(C#N)cc(N3CCOCC3)c2)cc1-n1cc(C(=O)NCC2CCCO2)nn1. The highest BCUT2D eigenvalue weighted by molar-refractivity contribution is 5.92. The van der Waals surface area contributed by atoms with E-state index in [-0.39, 0.29) is 17.7 Å². The molecule has 0 spiro atoms. The maximum absolute atomic E-state index is 12.5. The Morgan fingerprint density at radius 2 is 2.06 bits per heavy atom. The average Bonchev–Trinajstić information content (AvgIpc) is 3.61. The summed E-state index contributed by atoms with van der Waals surface area (Å²) < 4.78 is 12.5. The van der Waals surface area contributed by atoms with Crippen LogP contribution in [-0.2, 0) is 9.47 Å². The standard InChI is InChI=1S/C25H28N8O3/c1-17-24(33-16-23(30-31-33)25(34)28-15-22-3-2-6-36-22)12-20(14-27-17)29-19-9-18(13-26)10-21(11-19)32-4-7-35-8-5-32/h9-12,14,16,22,29H,2-8,15H2,1H3,(H,28,34). The topological polar surface area (TPSA) is 130 Å². The molecule has 3 aromatic rings. The maximum Gasteiger partial charge on any atom is 0.273 e. The number of pyridine rings is 1. The number of benzene rings is 1. The van der Waals surface area contributed by atoms with Gasteiger partial charge in [0.05, 0.1) is 60.4 Å². The Bertz CT molecular complexity index is 1270. The first-order chi connectivity index (χ1) is 17.6. The van der Waals surface area contributed by atoms with Crippen LogP contribution in [0, 0.1) is 18.3 Å². The van der Waals surface area contributed by atoms with Crippen LogP contribution in [0.2, 0.25) is 0 Å². The fourth-order valence-electron chi connectivity index (χ4n) is 4.33. The third-order valence-electron chi connectivity index (χ3n) is 6.26. The number of rotatable bonds is 7. The van der Waals surface area contributed by atoms with Crippen molar-refractivity contribution in [1.82, 2.24) is 25.3 Å². The van der Waals surface area contributed by atoms with Crippen molar-refractivity contribution in [3.05, 3.63) is 53.6 Å². The fraction of sp³-hybridized carbons (Fsp3) is 0.400. The summed E-state index contributed by atoms with van der Waals surface area (Å²) in [5.41, 5.74) is 4.68. The molecule has 2 N–H and O–H groups in total. The van der Waals surface area contributed by atoms with E-state index in [1.807, 2.05) is 25.1 Å². The zero-order chi connectivity index (χ0) is 24.9. The van der Waals surface area contributed by atoms with E-state index >= 15 is 0 Å². The van der Waals surface area contributed by atoms with Gasteiger partial charge in [-0.1, -0.05) is 5.21 Å². The second-order valence-electron chi connectivity index (χ2n) is 8.83. The van der Waals surface area contributed by atoms with E-state index in [4.69, 9.17) is 9.47 Å². The molecule has 11 nitrogen and oxygen atoms in total. The van der Waals surface area contributed by atoms with E-state index in [1.54, 1.807) is 23.1 Å². The molecule has 4 heterocycles. The van der Waals surface area contributed by atoms with Crippen molar-refractivity contribution in [1.29, 1.82) is 5.26 Å². The highest BCUT2D eigenvalue weighted by Crippen LogP contribution is 2.27. The quantitative estimate of drug-likeness (QED) is 0.514. The second kappa shape index (κ2) is 10.7. The molecule has 1 aromatic carbocycles. The van der Waals surface area contributed by atoms with Crippen LogP contribution in [0.15, 0.2) is 36.7 Å². The van der Waals surface area contributed by atoms with Gasteiger partial charge in [-0.2, -0.15) is 5.26 Å². The number of amides is 1. The Labute approximate surface area is 209 Å². The zero-order valence-electron chi connectivity index (χ0n) is 20.1. The number of carbonyl (C=O) groups excluding carboxylic acids is 1. The van der Waals surface area contributed by atoms with Crippen molar-refractivity contribution in [3.8, 4) is 11.8 Å². The Balaban J connectivity index is 1.32. The molecule has 1 unspecified atom stereocenters. The summed E-state index contributed by atoms with van der Waals surface area (Å²) in [6.07, 6.45) is 5.33. The van der Waals surface area contributed by atoms with Gasteiger partial charge in [0, 0.05) is 37.6 Å². The van der Waals surface area contributed by atoms with E-state index < -0.39 is 0 Å². The Kier molecular flexibility index (Phi) is 7.06. The first kappa shape index (κ1) is 23.7. The van der Waals surface area contributed by atoms with E-state index in [0.717, 1.165) is 55.3 Å². The molecule has 1 amide bonds. The third-order valence-corrected chi connectivity index (χ3v) is 6.26. The highest BCUT2D eigenvalue weighted by Gasteiger charge is 2.19. The predicted octanol–water partition coefficient (Wildman–Crippen LogP) is 2.33. The molecule has 186 valence electrons. The van der Waals surface area contributed by atoms with Crippen LogP contribution in [0.4, 0.5) is 17.1 Å². The minimum Gasteiger partial charge on any atom is -0.378 e. The van der Waals surface area contributed by atoms with Gasteiger partial charge in [-0.15, -0.1) is 5.10 Å². The lowest BCUT2D eigenvalue weighted by molar-refractivity contribution is 0.0853. The van der Waals surface area contributed by atoms with E-state index in [9.17, 15) is 10.1 Å². The van der Waals surface area contributed by atoms with Gasteiger partial charge in [-0.25, -0.2) is 4.68 Å². The Hall–Kier alpha value is -4.01. The van der Waals surface area contributed by atoms with Crippen molar-refractivity contribution >= 4 is 23.0 Å². The summed E-state index contributed by atoms with van der Waals surface area (Å²) in [4.78, 5) is 19.2. The van der Waals surface area contributed by atoms with Crippen molar-refractivity contribution in [3.63, 3.8) is 0 Å². The lowest BCUT2D eigenvalue weighted by Crippen LogP contribution is -2.36. The van der Waals surface area contributed by atoms with Gasteiger partial charge in [-0.3, -0.25) is 9.78 Å². The van der Waals surface area contributed by atoms with E-state index in [2.05, 4.69) is 36.9 Å². The van der Waals surface area contributed by atoms with Gasteiger partial charge < -0.3 is 25.0 Å². The number of carbonyl (C=O) groups is 1. The summed E-state index contributed by atoms with van der Waals surface area (Å²) in [7, 11) is 0. The summed E-state index contributed by atoms with van der Waals surface area (Å²) >= 11 is 0. The smallest absolute Gasteiger partial charge is 0.273 e. The normalized spacial score (nSPS) is 17.6. The largest absolute Gasteiger partial charge is 0.378 e. The molecular weight excluding hydrogens is 460 g/mol. The Morgan fingerprint density at radius 1 is 1.19 bits per heavy atom. The third kappa shape index (κ3) is 5.45. The van der Waals surface area contributed by atoms with Crippen molar-refractivity contribution in [2.45, 2.75) is 25.9 Å². The first-order valence-electron chi connectivity index (χ1n) is 12.0. The lowest BCUT2D eigenvalue weighted by Gasteiger charge is -2.29. The number of nitriles is 1. The van der Waals surface area contributed by atoms with E-state index in [0.29, 0.717) is 31.0 Å². The van der Waals surface area contributed by atoms with Gasteiger partial charge in [0.15, 0.2) is 5.69 Å². The van der Waals surface area contributed by atoms with Gasteiger partial charge in [-0.05, 0) is 44.0 Å². The summed E-state index contributed by atoms with van der Waals surface area (Å²) in [6.45, 7) is 5.95. The van der Waals surface area contributed by atoms with Crippen LogP contribution in [0.1, 0.15) is 34.6 Å². The molecule has 0 saturated carbocycles. The molecule has 0 aliphatic carbocycles. The molecule has 0 radical (unpaired) electrons. The zero-order valence-corrected chi connectivity index (χ0v) is 20.1. The number of nitrogens with zero attached hydrogens (tertiary/aromatic N) is 6. The Morgan fingerprint density at radius 3 is 2.83 bits per heavy atom. The van der Waals surface area contributed by atoms with Crippen LogP contribution in [0.3, 0.4) is 0 Å². The van der Waals surface area contributed by atoms with Crippen LogP contribution >= 0.6 is 0 Å². The summed E-state index contributed by atoms with van der Waals surface area (Å²) in [5.74, 6) is -0.291. The molecular formula is C25H28N8O3. The highest BCUT2D eigenvalue weighted by atomic mass is 16.5. The van der Waals surface area contributed by atoms with Crippen LogP contribution < -0.4 is 15.5 Å². The molecule has 11 heteroatoms. The summed E-state index contributed by atoms with van der Waals surface area (Å²) in [5, 5.41) is 23.9. The van der Waals surface area contributed by atoms with Gasteiger partial charge in [0.1, 0.15) is 0 Å². The summed E-state index contributed by atoms with van der Waals surface area (Å²) in [6, 6.07) is 9.82. The molecule has 2 fully saturated rings. The molecule has 1 atom stereocenters. The van der Waals surface area contributed by atoms with Crippen LogP contribution in [0.25, 0.3) is 5.69 Å². The van der Waals surface area contributed by atoms with Gasteiger partial charge >= 0.3 is 0 Å². The predicted molar refractivity (Wildman–Crippen MR) is 133 cm³/mol. The number of morpholine rings is 1. The second-order valence-corrected chi connectivity index (χ2v) is 8.83.